The fourth-order valence-corrected chi connectivity index (χ4v) is 1.99. The molecule has 20 heavy (non-hydrogen) atoms. The van der Waals surface area contributed by atoms with Crippen molar-refractivity contribution in [1.29, 1.82) is 0 Å². The van der Waals surface area contributed by atoms with Gasteiger partial charge in [0, 0.05) is 0 Å². The van der Waals surface area contributed by atoms with Crippen LogP contribution in [0.3, 0.4) is 0 Å². The first-order chi connectivity index (χ1) is 9.88. The van der Waals surface area contributed by atoms with Gasteiger partial charge in [-0.3, -0.25) is 0 Å². The van der Waals surface area contributed by atoms with Crippen LogP contribution in [0.2, 0.25) is 0 Å². The van der Waals surface area contributed by atoms with Crippen LogP contribution < -0.4 is 10.1 Å². The van der Waals surface area contributed by atoms with Gasteiger partial charge in [0.15, 0.2) is 0 Å². The van der Waals surface area contributed by atoms with Gasteiger partial charge in [-0.2, -0.15) is 0 Å². The Kier molecular flexibility index (Phi) is 6.18. The molecule has 0 atom stereocenters. The Morgan fingerprint density at radius 3 is 2.65 bits per heavy atom. The second-order valence-corrected chi connectivity index (χ2v) is 4.81. The van der Waals surface area contributed by atoms with Gasteiger partial charge < -0.3 is 14.5 Å². The molecule has 0 spiro atoms. The zero-order valence-electron chi connectivity index (χ0n) is 12.1. The molecule has 108 valence electrons. The molecule has 3 nitrogen and oxygen atoms in total. The molecule has 1 aromatic carbocycles. The van der Waals surface area contributed by atoms with Crippen LogP contribution in [0.15, 0.2) is 47.1 Å². The predicted octanol–water partition coefficient (Wildman–Crippen LogP) is 3.79. The van der Waals surface area contributed by atoms with Crippen molar-refractivity contribution < 1.29 is 9.15 Å². The second kappa shape index (κ2) is 8.43. The van der Waals surface area contributed by atoms with E-state index in [9.17, 15) is 0 Å². The van der Waals surface area contributed by atoms with E-state index in [1.54, 1.807) is 6.26 Å². The summed E-state index contributed by atoms with van der Waals surface area (Å²) in [6.45, 7) is 4.71. The predicted molar refractivity (Wildman–Crippen MR) is 81.0 cm³/mol. The molecule has 2 rings (SSSR count). The number of unbranched alkanes of at least 4 members (excludes halogenated alkanes) is 1. The molecule has 0 aliphatic heterocycles. The average Bonchev–Trinajstić information content (AvgIpc) is 3.00. The van der Waals surface area contributed by atoms with Gasteiger partial charge in [0.2, 0.25) is 0 Å². The molecule has 3 heteroatoms. The number of rotatable bonds is 9. The molecule has 0 aliphatic rings. The maximum Gasteiger partial charge on any atom is 0.119 e. The van der Waals surface area contributed by atoms with Crippen LogP contribution in [-0.2, 0) is 13.0 Å². The van der Waals surface area contributed by atoms with E-state index in [0.717, 1.165) is 50.5 Å². The van der Waals surface area contributed by atoms with Crippen molar-refractivity contribution >= 4 is 0 Å². The Morgan fingerprint density at radius 2 is 1.95 bits per heavy atom. The van der Waals surface area contributed by atoms with E-state index in [1.807, 2.05) is 24.3 Å². The number of ether oxygens (including phenoxy) is 1. The van der Waals surface area contributed by atoms with Crippen LogP contribution in [0.25, 0.3) is 0 Å². The Bertz CT molecular complexity index is 462. The first-order valence-corrected chi connectivity index (χ1v) is 7.33. The summed E-state index contributed by atoms with van der Waals surface area (Å²) in [5.41, 5.74) is 1.35. The minimum absolute atomic E-state index is 0.772. The van der Waals surface area contributed by atoms with E-state index in [0.29, 0.717) is 0 Å². The third-order valence-electron chi connectivity index (χ3n) is 3.23. The van der Waals surface area contributed by atoms with Crippen molar-refractivity contribution in [2.75, 3.05) is 13.2 Å². The van der Waals surface area contributed by atoms with Gasteiger partial charge in [0.1, 0.15) is 11.5 Å². The Labute approximate surface area is 121 Å². The highest BCUT2D eigenvalue weighted by atomic mass is 16.5. The first-order valence-electron chi connectivity index (χ1n) is 7.33. The highest BCUT2D eigenvalue weighted by Crippen LogP contribution is 2.12. The summed E-state index contributed by atoms with van der Waals surface area (Å²) in [5, 5.41) is 3.35. The lowest BCUT2D eigenvalue weighted by Crippen LogP contribution is -2.15. The van der Waals surface area contributed by atoms with Gasteiger partial charge >= 0.3 is 0 Å². The van der Waals surface area contributed by atoms with Crippen LogP contribution in [0.4, 0.5) is 0 Å². The lowest BCUT2D eigenvalue weighted by atomic mass is 10.2. The molecule has 0 unspecified atom stereocenters. The highest BCUT2D eigenvalue weighted by Gasteiger charge is 1.96. The maximum atomic E-state index is 5.71. The average molecular weight is 273 g/mol. The van der Waals surface area contributed by atoms with Gasteiger partial charge in [-0.25, -0.2) is 0 Å². The minimum atomic E-state index is 0.772. The highest BCUT2D eigenvalue weighted by molar-refractivity contribution is 5.27. The molecule has 0 radical (unpaired) electrons. The summed E-state index contributed by atoms with van der Waals surface area (Å²) >= 11 is 0. The number of hydrogen-bond donors (Lipinski definition) is 1. The lowest BCUT2D eigenvalue weighted by molar-refractivity contribution is 0.305. The molecule has 0 saturated carbocycles. The van der Waals surface area contributed by atoms with E-state index >= 15 is 0 Å². The van der Waals surface area contributed by atoms with Crippen LogP contribution in [0.5, 0.6) is 5.75 Å². The number of nitrogens with one attached hydrogen (secondary N) is 1. The van der Waals surface area contributed by atoms with E-state index in [2.05, 4.69) is 24.4 Å². The van der Waals surface area contributed by atoms with E-state index in [-0.39, 0.29) is 0 Å². The van der Waals surface area contributed by atoms with Crippen molar-refractivity contribution in [1.82, 2.24) is 5.32 Å². The van der Waals surface area contributed by atoms with Gasteiger partial charge in [0.25, 0.3) is 0 Å². The van der Waals surface area contributed by atoms with Crippen molar-refractivity contribution in [2.24, 2.45) is 0 Å². The van der Waals surface area contributed by atoms with Crippen LogP contribution in [0.1, 0.15) is 31.1 Å². The summed E-state index contributed by atoms with van der Waals surface area (Å²) in [7, 11) is 0. The third-order valence-corrected chi connectivity index (χ3v) is 3.23. The molecule has 0 amide bonds. The zero-order chi connectivity index (χ0) is 14.0. The van der Waals surface area contributed by atoms with E-state index in [1.165, 1.54) is 5.56 Å². The molecule has 0 saturated heterocycles. The van der Waals surface area contributed by atoms with Crippen molar-refractivity contribution in [2.45, 2.75) is 32.7 Å². The summed E-state index contributed by atoms with van der Waals surface area (Å²) in [6.07, 6.45) is 4.94. The normalized spacial score (nSPS) is 10.7. The maximum absolute atomic E-state index is 5.71. The third kappa shape index (κ3) is 5.10. The number of furan rings is 1. The minimum Gasteiger partial charge on any atom is -0.494 e. The van der Waals surface area contributed by atoms with Gasteiger partial charge in [-0.1, -0.05) is 19.1 Å². The largest absolute Gasteiger partial charge is 0.494 e. The quantitative estimate of drug-likeness (QED) is 0.706. The molecular weight excluding hydrogens is 250 g/mol. The summed E-state index contributed by atoms with van der Waals surface area (Å²) in [5.74, 6) is 1.95. The van der Waals surface area contributed by atoms with Gasteiger partial charge in [-0.15, -0.1) is 0 Å². The fourth-order valence-electron chi connectivity index (χ4n) is 1.99. The summed E-state index contributed by atoms with van der Waals surface area (Å²) in [6, 6.07) is 12.2. The Hall–Kier alpha value is -1.74. The fraction of sp³-hybridized carbons (Fsp3) is 0.412. The number of aryl methyl sites for hydroxylation is 1. The van der Waals surface area contributed by atoms with Crippen molar-refractivity contribution in [3.8, 4) is 5.75 Å². The molecule has 0 bridgehead atoms. The van der Waals surface area contributed by atoms with E-state index in [4.69, 9.17) is 9.15 Å². The van der Waals surface area contributed by atoms with Crippen molar-refractivity contribution in [3.05, 3.63) is 54.0 Å². The molecular formula is C17H23NO2. The number of benzene rings is 1. The van der Waals surface area contributed by atoms with Crippen LogP contribution >= 0.6 is 0 Å². The summed E-state index contributed by atoms with van der Waals surface area (Å²) < 4.78 is 11.0. The Morgan fingerprint density at radius 1 is 1.10 bits per heavy atom. The molecule has 0 fully saturated rings. The topological polar surface area (TPSA) is 34.4 Å². The Balaban J connectivity index is 1.50. The van der Waals surface area contributed by atoms with Gasteiger partial charge in [-0.05, 0) is 55.6 Å². The van der Waals surface area contributed by atoms with Crippen molar-refractivity contribution in [3.63, 3.8) is 0 Å². The SMILES string of the molecule is CCc1ccc(OCCCCNCc2ccco2)cc1. The second-order valence-electron chi connectivity index (χ2n) is 4.81. The zero-order valence-corrected chi connectivity index (χ0v) is 12.1. The molecule has 1 aromatic heterocycles. The van der Waals surface area contributed by atoms with E-state index < -0.39 is 0 Å². The number of hydrogen-bond acceptors (Lipinski definition) is 3. The molecule has 2 aromatic rings. The van der Waals surface area contributed by atoms with Crippen LogP contribution in [0, 0.1) is 0 Å². The summed E-state index contributed by atoms with van der Waals surface area (Å²) in [4.78, 5) is 0. The smallest absolute Gasteiger partial charge is 0.119 e. The molecule has 0 aliphatic carbocycles. The molecule has 1 heterocycles. The molecule has 1 N–H and O–H groups in total. The van der Waals surface area contributed by atoms with Gasteiger partial charge in [0.05, 0.1) is 19.4 Å². The standard InChI is InChI=1S/C17H23NO2/c1-2-15-7-9-16(10-8-15)19-12-4-3-11-18-14-17-6-5-13-20-17/h5-10,13,18H,2-4,11-12,14H2,1H3. The monoisotopic (exact) mass is 273 g/mol. The van der Waals surface area contributed by atoms with Crippen LogP contribution in [-0.4, -0.2) is 13.2 Å². The first kappa shape index (κ1) is 14.7. The lowest BCUT2D eigenvalue weighted by Gasteiger charge is -2.07.